The standard InChI is InChI=1S/C10H11N3O2/c14-6-5-8-1-3-9(4-2-8)13-7-11-12-10(13)15/h1-4,7,14H,5-6H2,(H,12,15). The molecule has 0 spiro atoms. The Balaban J connectivity index is 2.32. The fourth-order valence-corrected chi connectivity index (χ4v) is 1.38. The van der Waals surface area contributed by atoms with Gasteiger partial charge in [-0.3, -0.25) is 0 Å². The molecular formula is C10H11N3O2. The highest BCUT2D eigenvalue weighted by molar-refractivity contribution is 5.34. The minimum Gasteiger partial charge on any atom is -0.396 e. The molecule has 0 saturated carbocycles. The van der Waals surface area contributed by atoms with E-state index >= 15 is 0 Å². The first-order chi connectivity index (χ1) is 7.31. The molecule has 5 heteroatoms. The average Bonchev–Trinajstić information content (AvgIpc) is 2.66. The second-order valence-corrected chi connectivity index (χ2v) is 3.17. The van der Waals surface area contributed by atoms with Gasteiger partial charge in [0.1, 0.15) is 6.33 Å². The molecule has 5 nitrogen and oxygen atoms in total. The van der Waals surface area contributed by atoms with Crippen LogP contribution in [0.25, 0.3) is 5.69 Å². The Morgan fingerprint density at radius 2 is 2.07 bits per heavy atom. The second-order valence-electron chi connectivity index (χ2n) is 3.17. The molecule has 0 saturated heterocycles. The number of H-pyrrole nitrogens is 1. The second kappa shape index (κ2) is 4.10. The summed E-state index contributed by atoms with van der Waals surface area (Å²) in [6.45, 7) is 0.130. The Kier molecular flexibility index (Phi) is 2.64. The number of hydrogen-bond acceptors (Lipinski definition) is 3. The van der Waals surface area contributed by atoms with Gasteiger partial charge in [0.25, 0.3) is 0 Å². The summed E-state index contributed by atoms with van der Waals surface area (Å²) >= 11 is 0. The van der Waals surface area contributed by atoms with Crippen molar-refractivity contribution in [1.82, 2.24) is 14.8 Å². The highest BCUT2D eigenvalue weighted by Gasteiger charge is 2.00. The van der Waals surface area contributed by atoms with E-state index in [0.717, 1.165) is 11.3 Å². The summed E-state index contributed by atoms with van der Waals surface area (Å²) in [5.41, 5.74) is 1.54. The van der Waals surface area contributed by atoms with Crippen molar-refractivity contribution in [3.8, 4) is 5.69 Å². The first-order valence-electron chi connectivity index (χ1n) is 4.63. The average molecular weight is 205 g/mol. The van der Waals surface area contributed by atoms with Crippen LogP contribution in [0.3, 0.4) is 0 Å². The van der Waals surface area contributed by atoms with Gasteiger partial charge in [0.05, 0.1) is 5.69 Å². The zero-order valence-electron chi connectivity index (χ0n) is 8.05. The van der Waals surface area contributed by atoms with Gasteiger partial charge < -0.3 is 5.11 Å². The molecule has 0 radical (unpaired) electrons. The van der Waals surface area contributed by atoms with Crippen molar-refractivity contribution < 1.29 is 5.11 Å². The van der Waals surface area contributed by atoms with E-state index in [9.17, 15) is 4.79 Å². The van der Waals surface area contributed by atoms with Gasteiger partial charge in [0.2, 0.25) is 0 Å². The van der Waals surface area contributed by atoms with Gasteiger partial charge in [-0.15, -0.1) is 0 Å². The zero-order chi connectivity index (χ0) is 10.7. The van der Waals surface area contributed by atoms with Crippen LogP contribution in [0.2, 0.25) is 0 Å². The monoisotopic (exact) mass is 205 g/mol. The fraction of sp³-hybridized carbons (Fsp3) is 0.200. The number of benzene rings is 1. The molecule has 0 aliphatic rings. The van der Waals surface area contributed by atoms with Crippen molar-refractivity contribution >= 4 is 0 Å². The molecule has 1 aromatic heterocycles. The number of aromatic amines is 1. The zero-order valence-corrected chi connectivity index (χ0v) is 8.05. The summed E-state index contributed by atoms with van der Waals surface area (Å²) in [6.07, 6.45) is 2.06. The lowest BCUT2D eigenvalue weighted by molar-refractivity contribution is 0.299. The molecule has 0 aliphatic heterocycles. The van der Waals surface area contributed by atoms with Crippen LogP contribution >= 0.6 is 0 Å². The minimum atomic E-state index is -0.259. The molecule has 78 valence electrons. The van der Waals surface area contributed by atoms with Crippen molar-refractivity contribution in [3.05, 3.63) is 46.6 Å². The van der Waals surface area contributed by atoms with E-state index in [1.165, 1.54) is 10.9 Å². The molecule has 1 heterocycles. The first-order valence-corrected chi connectivity index (χ1v) is 4.63. The van der Waals surface area contributed by atoms with E-state index < -0.39 is 0 Å². The summed E-state index contributed by atoms with van der Waals surface area (Å²) in [6, 6.07) is 7.40. The molecule has 0 aliphatic carbocycles. The van der Waals surface area contributed by atoms with E-state index in [1.54, 1.807) is 0 Å². The van der Waals surface area contributed by atoms with E-state index in [4.69, 9.17) is 5.11 Å². The Morgan fingerprint density at radius 3 is 2.60 bits per heavy atom. The van der Waals surface area contributed by atoms with Crippen LogP contribution in [-0.4, -0.2) is 26.5 Å². The maximum absolute atomic E-state index is 11.2. The molecule has 0 unspecified atom stereocenters. The van der Waals surface area contributed by atoms with Gasteiger partial charge in [-0.05, 0) is 24.1 Å². The van der Waals surface area contributed by atoms with Crippen LogP contribution in [0.15, 0.2) is 35.4 Å². The summed E-state index contributed by atoms with van der Waals surface area (Å²) in [5, 5.41) is 14.7. The SMILES string of the molecule is O=c1[nH]ncn1-c1ccc(CCO)cc1. The molecule has 2 N–H and O–H groups in total. The largest absolute Gasteiger partial charge is 0.396 e. The van der Waals surface area contributed by atoms with Gasteiger partial charge in [-0.25, -0.2) is 14.5 Å². The minimum absolute atomic E-state index is 0.130. The van der Waals surface area contributed by atoms with Crippen LogP contribution in [0, 0.1) is 0 Å². The Labute approximate surface area is 86.0 Å². The molecule has 2 aromatic rings. The molecule has 1 aromatic carbocycles. The smallest absolute Gasteiger partial charge is 0.347 e. The van der Waals surface area contributed by atoms with E-state index in [-0.39, 0.29) is 12.3 Å². The molecule has 0 fully saturated rings. The number of rotatable bonds is 3. The third-order valence-electron chi connectivity index (χ3n) is 2.17. The van der Waals surface area contributed by atoms with E-state index in [2.05, 4.69) is 10.2 Å². The molecular weight excluding hydrogens is 194 g/mol. The van der Waals surface area contributed by atoms with Crippen molar-refractivity contribution in [2.45, 2.75) is 6.42 Å². The highest BCUT2D eigenvalue weighted by Crippen LogP contribution is 2.07. The maximum atomic E-state index is 11.2. The molecule has 15 heavy (non-hydrogen) atoms. The molecule has 0 bridgehead atoms. The predicted molar refractivity (Wildman–Crippen MR) is 55.0 cm³/mol. The number of aliphatic hydroxyl groups is 1. The van der Waals surface area contributed by atoms with Crippen LogP contribution in [0.5, 0.6) is 0 Å². The quantitative estimate of drug-likeness (QED) is 0.746. The van der Waals surface area contributed by atoms with Crippen molar-refractivity contribution in [1.29, 1.82) is 0 Å². The Bertz CT molecular complexity index is 484. The first kappa shape index (κ1) is 9.67. The fourth-order valence-electron chi connectivity index (χ4n) is 1.38. The molecule has 0 amide bonds. The van der Waals surface area contributed by atoms with Crippen molar-refractivity contribution in [2.24, 2.45) is 0 Å². The topological polar surface area (TPSA) is 70.9 Å². The lowest BCUT2D eigenvalue weighted by atomic mass is 10.1. The number of aromatic nitrogens is 3. The summed E-state index contributed by atoms with van der Waals surface area (Å²) in [5.74, 6) is 0. The lowest BCUT2D eigenvalue weighted by Gasteiger charge is -2.01. The summed E-state index contributed by atoms with van der Waals surface area (Å²) < 4.78 is 1.42. The van der Waals surface area contributed by atoms with Gasteiger partial charge in [0, 0.05) is 6.61 Å². The van der Waals surface area contributed by atoms with Crippen LogP contribution < -0.4 is 5.69 Å². The van der Waals surface area contributed by atoms with E-state index in [1.807, 2.05) is 24.3 Å². The molecule has 2 rings (SSSR count). The van der Waals surface area contributed by atoms with Crippen LogP contribution in [0.1, 0.15) is 5.56 Å². The highest BCUT2D eigenvalue weighted by atomic mass is 16.2. The van der Waals surface area contributed by atoms with Gasteiger partial charge in [0.15, 0.2) is 0 Å². The Morgan fingerprint density at radius 1 is 1.33 bits per heavy atom. The maximum Gasteiger partial charge on any atom is 0.347 e. The number of nitrogens with zero attached hydrogens (tertiary/aromatic N) is 2. The number of hydrogen-bond donors (Lipinski definition) is 2. The summed E-state index contributed by atoms with van der Waals surface area (Å²) in [7, 11) is 0. The van der Waals surface area contributed by atoms with Gasteiger partial charge in [-0.2, -0.15) is 5.10 Å². The van der Waals surface area contributed by atoms with Gasteiger partial charge in [-0.1, -0.05) is 12.1 Å². The van der Waals surface area contributed by atoms with Crippen LogP contribution in [-0.2, 0) is 6.42 Å². The third-order valence-corrected chi connectivity index (χ3v) is 2.17. The van der Waals surface area contributed by atoms with Gasteiger partial charge >= 0.3 is 5.69 Å². The van der Waals surface area contributed by atoms with Crippen LogP contribution in [0.4, 0.5) is 0 Å². The van der Waals surface area contributed by atoms with Crippen molar-refractivity contribution in [2.75, 3.05) is 6.61 Å². The van der Waals surface area contributed by atoms with Crippen molar-refractivity contribution in [3.63, 3.8) is 0 Å². The third kappa shape index (κ3) is 1.97. The predicted octanol–water partition coefficient (Wildman–Crippen LogP) is 0.0954. The lowest BCUT2D eigenvalue weighted by Crippen LogP contribution is -2.13. The summed E-state index contributed by atoms with van der Waals surface area (Å²) in [4.78, 5) is 11.2. The van der Waals surface area contributed by atoms with E-state index in [0.29, 0.717) is 6.42 Å². The Hall–Kier alpha value is -1.88. The molecule has 0 atom stereocenters. The number of aliphatic hydroxyl groups excluding tert-OH is 1. The normalized spacial score (nSPS) is 10.5. The number of nitrogens with one attached hydrogen (secondary N) is 1.